The van der Waals surface area contributed by atoms with Crippen LogP contribution in [0.1, 0.15) is 18.9 Å². The molecule has 0 radical (unpaired) electrons. The number of nitrogens with zero attached hydrogens (tertiary/aromatic N) is 1. The van der Waals surface area contributed by atoms with E-state index in [0.717, 1.165) is 0 Å². The molecule has 0 aromatic carbocycles. The molecule has 3 nitrogen and oxygen atoms in total. The second kappa shape index (κ2) is 4.94. The molecule has 5 heteroatoms. The molecule has 1 heterocycles. The first kappa shape index (κ1) is 12.5. The molecule has 0 aliphatic carbocycles. The summed E-state index contributed by atoms with van der Waals surface area (Å²) in [4.78, 5) is 3.92. The molecule has 0 saturated carbocycles. The standard InChI is InChI=1S/C10H14ClNO2S/c1-8-4-3-7-12-10(8)15(13,14)9(2)5-6-11/h3-4,7,9H,5-6H2,1-2H3. The number of alkyl halides is 1. The molecular formula is C10H14ClNO2S. The third-order valence-electron chi connectivity index (χ3n) is 2.28. The van der Waals surface area contributed by atoms with Crippen LogP contribution in [0.25, 0.3) is 0 Å². The Labute approximate surface area is 95.4 Å². The van der Waals surface area contributed by atoms with Crippen molar-refractivity contribution in [2.45, 2.75) is 30.5 Å². The molecule has 1 aromatic rings. The quantitative estimate of drug-likeness (QED) is 0.767. The van der Waals surface area contributed by atoms with Gasteiger partial charge in [0.2, 0.25) is 0 Å². The van der Waals surface area contributed by atoms with E-state index in [0.29, 0.717) is 17.9 Å². The van der Waals surface area contributed by atoms with Crippen LogP contribution in [0, 0.1) is 6.92 Å². The van der Waals surface area contributed by atoms with E-state index in [1.807, 2.05) is 0 Å². The van der Waals surface area contributed by atoms with Gasteiger partial charge in [0.1, 0.15) is 0 Å². The van der Waals surface area contributed by atoms with Crippen molar-refractivity contribution in [2.75, 3.05) is 5.88 Å². The van der Waals surface area contributed by atoms with Crippen LogP contribution in [0.15, 0.2) is 23.4 Å². The van der Waals surface area contributed by atoms with Crippen molar-refractivity contribution in [2.24, 2.45) is 0 Å². The summed E-state index contributed by atoms with van der Waals surface area (Å²) < 4.78 is 24.0. The fourth-order valence-electron chi connectivity index (χ4n) is 1.27. The third-order valence-corrected chi connectivity index (χ3v) is 4.76. The zero-order valence-corrected chi connectivity index (χ0v) is 10.3. The lowest BCUT2D eigenvalue weighted by Gasteiger charge is -2.12. The summed E-state index contributed by atoms with van der Waals surface area (Å²) in [6, 6.07) is 3.47. The first-order valence-electron chi connectivity index (χ1n) is 4.71. The van der Waals surface area contributed by atoms with Crippen LogP contribution < -0.4 is 0 Å². The minimum absolute atomic E-state index is 0.169. The molecule has 0 fully saturated rings. The number of pyridine rings is 1. The van der Waals surface area contributed by atoms with Crippen molar-refractivity contribution < 1.29 is 8.42 Å². The molecule has 0 aliphatic rings. The molecule has 1 atom stereocenters. The highest BCUT2D eigenvalue weighted by atomic mass is 35.5. The molecule has 1 unspecified atom stereocenters. The smallest absolute Gasteiger partial charge is 0.198 e. The van der Waals surface area contributed by atoms with Crippen LogP contribution in [0.3, 0.4) is 0 Å². The summed E-state index contributed by atoms with van der Waals surface area (Å²) in [5.41, 5.74) is 0.680. The first-order valence-corrected chi connectivity index (χ1v) is 6.79. The van der Waals surface area contributed by atoms with Crippen LogP contribution in [0.5, 0.6) is 0 Å². The van der Waals surface area contributed by atoms with Gasteiger partial charge in [0, 0.05) is 12.1 Å². The van der Waals surface area contributed by atoms with Gasteiger partial charge in [0.15, 0.2) is 14.9 Å². The fourth-order valence-corrected chi connectivity index (χ4v) is 3.26. The van der Waals surface area contributed by atoms with E-state index in [-0.39, 0.29) is 5.03 Å². The Bertz CT molecular complexity index is 431. The highest BCUT2D eigenvalue weighted by Crippen LogP contribution is 2.19. The predicted molar refractivity (Wildman–Crippen MR) is 61.0 cm³/mol. The minimum Gasteiger partial charge on any atom is -0.244 e. The first-order chi connectivity index (χ1) is 7.00. The molecule has 1 aromatic heterocycles. The van der Waals surface area contributed by atoms with E-state index in [4.69, 9.17) is 11.6 Å². The van der Waals surface area contributed by atoms with E-state index in [1.54, 1.807) is 26.0 Å². The molecule has 0 bridgehead atoms. The van der Waals surface area contributed by atoms with E-state index >= 15 is 0 Å². The molecule has 84 valence electrons. The average Bonchev–Trinajstić information content (AvgIpc) is 2.18. The van der Waals surface area contributed by atoms with Gasteiger partial charge in [-0.2, -0.15) is 0 Å². The zero-order valence-electron chi connectivity index (χ0n) is 8.77. The second-order valence-corrected chi connectivity index (χ2v) is 6.12. The molecule has 1 rings (SSSR count). The summed E-state index contributed by atoms with van der Waals surface area (Å²) >= 11 is 5.54. The Hall–Kier alpha value is -0.610. The Kier molecular flexibility index (Phi) is 4.11. The highest BCUT2D eigenvalue weighted by molar-refractivity contribution is 7.92. The van der Waals surface area contributed by atoms with E-state index in [1.165, 1.54) is 6.20 Å². The van der Waals surface area contributed by atoms with E-state index < -0.39 is 15.1 Å². The fraction of sp³-hybridized carbons (Fsp3) is 0.500. The van der Waals surface area contributed by atoms with Gasteiger partial charge in [0.25, 0.3) is 0 Å². The minimum atomic E-state index is -3.33. The number of rotatable bonds is 4. The van der Waals surface area contributed by atoms with Gasteiger partial charge in [-0.3, -0.25) is 0 Å². The van der Waals surface area contributed by atoms with E-state index in [2.05, 4.69) is 4.98 Å². The van der Waals surface area contributed by atoms with Crippen LogP contribution in [-0.4, -0.2) is 24.5 Å². The second-order valence-electron chi connectivity index (χ2n) is 3.46. The average molecular weight is 248 g/mol. The van der Waals surface area contributed by atoms with Crippen molar-refractivity contribution in [1.82, 2.24) is 4.98 Å². The van der Waals surface area contributed by atoms with Gasteiger partial charge >= 0.3 is 0 Å². The van der Waals surface area contributed by atoms with Gasteiger partial charge in [0.05, 0.1) is 5.25 Å². The monoisotopic (exact) mass is 247 g/mol. The highest BCUT2D eigenvalue weighted by Gasteiger charge is 2.25. The van der Waals surface area contributed by atoms with Crippen molar-refractivity contribution >= 4 is 21.4 Å². The summed E-state index contributed by atoms with van der Waals surface area (Å²) in [5.74, 6) is 0.340. The Morgan fingerprint density at radius 3 is 2.73 bits per heavy atom. The molecule has 15 heavy (non-hydrogen) atoms. The lowest BCUT2D eigenvalue weighted by Crippen LogP contribution is -2.20. The molecule has 0 spiro atoms. The zero-order chi connectivity index (χ0) is 11.5. The summed E-state index contributed by atoms with van der Waals surface area (Å²) in [5, 5.41) is -0.314. The Balaban J connectivity index is 3.12. The topological polar surface area (TPSA) is 47.0 Å². The van der Waals surface area contributed by atoms with Gasteiger partial charge in [-0.05, 0) is 31.9 Å². The normalized spacial score (nSPS) is 13.8. The number of halogens is 1. The van der Waals surface area contributed by atoms with Gasteiger partial charge in [-0.15, -0.1) is 11.6 Å². The van der Waals surface area contributed by atoms with Gasteiger partial charge in [-0.25, -0.2) is 13.4 Å². The third kappa shape index (κ3) is 2.69. The Morgan fingerprint density at radius 1 is 1.53 bits per heavy atom. The largest absolute Gasteiger partial charge is 0.244 e. The van der Waals surface area contributed by atoms with Crippen molar-refractivity contribution in [3.8, 4) is 0 Å². The predicted octanol–water partition coefficient (Wildman–Crippen LogP) is 2.18. The lowest BCUT2D eigenvalue weighted by molar-refractivity contribution is 0.576. The number of sulfone groups is 1. The maximum absolute atomic E-state index is 12.0. The van der Waals surface area contributed by atoms with Crippen molar-refractivity contribution in [3.05, 3.63) is 23.9 Å². The van der Waals surface area contributed by atoms with Crippen LogP contribution in [0.2, 0.25) is 0 Å². The van der Waals surface area contributed by atoms with Crippen LogP contribution in [0.4, 0.5) is 0 Å². The van der Waals surface area contributed by atoms with Crippen molar-refractivity contribution in [1.29, 1.82) is 0 Å². The van der Waals surface area contributed by atoms with E-state index in [9.17, 15) is 8.42 Å². The molecular weight excluding hydrogens is 234 g/mol. The number of aromatic nitrogens is 1. The Morgan fingerprint density at radius 2 is 2.20 bits per heavy atom. The van der Waals surface area contributed by atoms with Gasteiger partial charge in [-0.1, -0.05) is 6.07 Å². The number of hydrogen-bond donors (Lipinski definition) is 0. The maximum Gasteiger partial charge on any atom is 0.198 e. The SMILES string of the molecule is Cc1cccnc1S(=O)(=O)C(C)CCCl. The summed E-state index contributed by atoms with van der Waals surface area (Å²) in [6.45, 7) is 3.40. The molecule has 0 aliphatic heterocycles. The number of hydrogen-bond acceptors (Lipinski definition) is 3. The molecule has 0 saturated heterocycles. The van der Waals surface area contributed by atoms with Crippen LogP contribution in [-0.2, 0) is 9.84 Å². The van der Waals surface area contributed by atoms with Crippen molar-refractivity contribution in [3.63, 3.8) is 0 Å². The summed E-state index contributed by atoms with van der Waals surface area (Å²) in [6.07, 6.45) is 1.94. The molecule has 0 N–H and O–H groups in total. The summed E-state index contributed by atoms with van der Waals surface area (Å²) in [7, 11) is -3.33. The number of aryl methyl sites for hydroxylation is 1. The lowest BCUT2D eigenvalue weighted by atomic mass is 10.3. The van der Waals surface area contributed by atoms with Gasteiger partial charge < -0.3 is 0 Å². The maximum atomic E-state index is 12.0. The van der Waals surface area contributed by atoms with Crippen LogP contribution >= 0.6 is 11.6 Å². The molecule has 0 amide bonds.